The molecule has 3 aromatic rings. The van der Waals surface area contributed by atoms with E-state index in [0.29, 0.717) is 18.1 Å². The zero-order chi connectivity index (χ0) is 23.1. The molecule has 0 atom stereocenters. The lowest BCUT2D eigenvalue weighted by atomic mass is 10.2. The molecule has 3 rings (SSSR count). The number of carbonyl (C=O) groups is 1. The van der Waals surface area contributed by atoms with Gasteiger partial charge in [-0.2, -0.15) is 4.31 Å². The van der Waals surface area contributed by atoms with Crippen molar-refractivity contribution in [2.75, 3.05) is 20.2 Å². The summed E-state index contributed by atoms with van der Waals surface area (Å²) in [5, 5.41) is 0. The second-order valence-corrected chi connectivity index (χ2v) is 9.07. The molecule has 0 fully saturated rings. The Hall–Kier alpha value is -3.17. The third-order valence-electron chi connectivity index (χ3n) is 4.76. The van der Waals surface area contributed by atoms with Gasteiger partial charge in [-0.05, 0) is 61.0 Å². The van der Waals surface area contributed by atoms with Crippen molar-refractivity contribution in [3.05, 3.63) is 84.1 Å². The van der Waals surface area contributed by atoms with Gasteiger partial charge in [0, 0.05) is 13.6 Å². The number of sulfonamides is 1. The van der Waals surface area contributed by atoms with Gasteiger partial charge in [0.05, 0.1) is 30.9 Å². The van der Waals surface area contributed by atoms with Crippen molar-refractivity contribution in [1.82, 2.24) is 9.21 Å². The fourth-order valence-corrected chi connectivity index (χ4v) is 4.40. The zero-order valence-electron chi connectivity index (χ0n) is 17.9. The number of nitrogens with zero attached hydrogens (tertiary/aromatic N) is 2. The van der Waals surface area contributed by atoms with Gasteiger partial charge in [0.15, 0.2) is 0 Å². The largest absolute Gasteiger partial charge is 0.494 e. The van der Waals surface area contributed by atoms with Crippen molar-refractivity contribution in [3.8, 4) is 5.75 Å². The maximum atomic E-state index is 13.3. The fourth-order valence-electron chi connectivity index (χ4n) is 3.05. The number of hydrogen-bond acceptors (Lipinski definition) is 5. The number of likely N-dealkylation sites (N-methyl/N-ethyl adjacent to an activating group) is 1. The van der Waals surface area contributed by atoms with Gasteiger partial charge < -0.3 is 14.1 Å². The maximum Gasteiger partial charge on any atom is 0.243 e. The van der Waals surface area contributed by atoms with Gasteiger partial charge in [0.1, 0.15) is 17.3 Å². The summed E-state index contributed by atoms with van der Waals surface area (Å²) in [6.07, 6.45) is 1.44. The van der Waals surface area contributed by atoms with Crippen molar-refractivity contribution in [2.24, 2.45) is 0 Å². The summed E-state index contributed by atoms with van der Waals surface area (Å²) in [7, 11) is -2.43. The van der Waals surface area contributed by atoms with Crippen LogP contribution in [0.15, 0.2) is 76.2 Å². The minimum atomic E-state index is -4.00. The van der Waals surface area contributed by atoms with Crippen LogP contribution < -0.4 is 4.74 Å². The first-order valence-electron chi connectivity index (χ1n) is 10.0. The molecule has 1 heterocycles. The summed E-state index contributed by atoms with van der Waals surface area (Å²) in [5.74, 6) is 0.192. The van der Waals surface area contributed by atoms with Crippen molar-refractivity contribution in [3.63, 3.8) is 0 Å². The monoisotopic (exact) mass is 460 g/mol. The smallest absolute Gasteiger partial charge is 0.243 e. The predicted octanol–water partition coefficient (Wildman–Crippen LogP) is 3.67. The molecule has 2 aromatic carbocycles. The van der Waals surface area contributed by atoms with Crippen LogP contribution in [0.4, 0.5) is 4.39 Å². The van der Waals surface area contributed by atoms with Crippen molar-refractivity contribution < 1.29 is 26.8 Å². The minimum Gasteiger partial charge on any atom is -0.494 e. The van der Waals surface area contributed by atoms with Crippen LogP contribution in [0.5, 0.6) is 5.75 Å². The zero-order valence-corrected chi connectivity index (χ0v) is 18.7. The Kier molecular flexibility index (Phi) is 7.66. The van der Waals surface area contributed by atoms with E-state index in [1.54, 1.807) is 43.4 Å². The third-order valence-corrected chi connectivity index (χ3v) is 6.56. The van der Waals surface area contributed by atoms with Crippen LogP contribution in [0, 0.1) is 5.82 Å². The van der Waals surface area contributed by atoms with Gasteiger partial charge in [-0.1, -0.05) is 12.1 Å². The van der Waals surface area contributed by atoms with Crippen LogP contribution >= 0.6 is 0 Å². The Morgan fingerprint density at radius 3 is 2.31 bits per heavy atom. The Balaban J connectivity index is 1.79. The number of benzene rings is 2. The molecule has 0 N–H and O–H groups in total. The molecule has 1 aromatic heterocycles. The second kappa shape index (κ2) is 10.4. The maximum absolute atomic E-state index is 13.3. The van der Waals surface area contributed by atoms with Gasteiger partial charge in [-0.15, -0.1) is 0 Å². The standard InChI is InChI=1S/C23H25FN2O5S/c1-3-30-20-10-12-22(13-11-20)32(28,29)26(16-21-5-4-14-31-21)17-23(27)25(2)15-18-6-8-19(24)9-7-18/h4-14H,3,15-17H2,1-2H3. The molecule has 0 bridgehead atoms. The quantitative estimate of drug-likeness (QED) is 0.461. The molecule has 9 heteroatoms. The van der Waals surface area contributed by atoms with E-state index in [1.807, 2.05) is 6.92 Å². The molecule has 0 aliphatic rings. The molecule has 7 nitrogen and oxygen atoms in total. The second-order valence-electron chi connectivity index (χ2n) is 7.13. The van der Waals surface area contributed by atoms with E-state index in [4.69, 9.17) is 9.15 Å². The lowest BCUT2D eigenvalue weighted by molar-refractivity contribution is -0.130. The molecular weight excluding hydrogens is 435 g/mol. The lowest BCUT2D eigenvalue weighted by Gasteiger charge is -2.24. The van der Waals surface area contributed by atoms with Gasteiger partial charge in [-0.3, -0.25) is 4.79 Å². The number of rotatable bonds is 10. The fraction of sp³-hybridized carbons (Fsp3) is 0.261. The number of hydrogen-bond donors (Lipinski definition) is 0. The highest BCUT2D eigenvalue weighted by Crippen LogP contribution is 2.22. The first-order chi connectivity index (χ1) is 15.3. The van der Waals surface area contributed by atoms with E-state index in [-0.39, 0.29) is 30.3 Å². The van der Waals surface area contributed by atoms with Gasteiger partial charge >= 0.3 is 0 Å². The van der Waals surface area contributed by atoms with Crippen molar-refractivity contribution in [2.45, 2.75) is 24.9 Å². The SMILES string of the molecule is CCOc1ccc(S(=O)(=O)N(CC(=O)N(C)Cc2ccc(F)cc2)Cc2ccco2)cc1. The summed E-state index contributed by atoms with van der Waals surface area (Å²) in [4.78, 5) is 14.3. The molecule has 0 radical (unpaired) electrons. The third kappa shape index (κ3) is 5.95. The average molecular weight is 461 g/mol. The van der Waals surface area contributed by atoms with E-state index < -0.39 is 15.9 Å². The van der Waals surface area contributed by atoms with Gasteiger partial charge in [0.2, 0.25) is 15.9 Å². The molecular formula is C23H25FN2O5S. The summed E-state index contributed by atoms with van der Waals surface area (Å²) < 4.78 is 51.5. The van der Waals surface area contributed by atoms with E-state index >= 15 is 0 Å². The highest BCUT2D eigenvalue weighted by molar-refractivity contribution is 7.89. The number of ether oxygens (including phenoxy) is 1. The van der Waals surface area contributed by atoms with Gasteiger partial charge in [0.25, 0.3) is 0 Å². The first kappa shape index (κ1) is 23.5. The van der Waals surface area contributed by atoms with Crippen LogP contribution in [0.25, 0.3) is 0 Å². The molecule has 170 valence electrons. The number of carbonyl (C=O) groups excluding carboxylic acids is 1. The average Bonchev–Trinajstić information content (AvgIpc) is 3.28. The number of amides is 1. The molecule has 0 spiro atoms. The minimum absolute atomic E-state index is 0.0431. The Morgan fingerprint density at radius 2 is 1.72 bits per heavy atom. The van der Waals surface area contributed by atoms with Crippen LogP contribution in [0.1, 0.15) is 18.2 Å². The lowest BCUT2D eigenvalue weighted by Crippen LogP contribution is -2.40. The van der Waals surface area contributed by atoms with Crippen LogP contribution in [0.2, 0.25) is 0 Å². The topological polar surface area (TPSA) is 80.1 Å². The highest BCUT2D eigenvalue weighted by atomic mass is 32.2. The molecule has 0 aliphatic carbocycles. The van der Waals surface area contributed by atoms with E-state index in [1.165, 1.54) is 35.4 Å². The van der Waals surface area contributed by atoms with Crippen LogP contribution in [-0.2, 0) is 27.9 Å². The molecule has 0 unspecified atom stereocenters. The Labute approximate surface area is 187 Å². The summed E-state index contributed by atoms with van der Waals surface area (Å²) in [5.41, 5.74) is 0.731. The molecule has 32 heavy (non-hydrogen) atoms. The summed E-state index contributed by atoms with van der Waals surface area (Å²) >= 11 is 0. The summed E-state index contributed by atoms with van der Waals surface area (Å²) in [6, 6.07) is 15.1. The molecule has 0 saturated carbocycles. The molecule has 0 saturated heterocycles. The Morgan fingerprint density at radius 1 is 1.03 bits per heavy atom. The van der Waals surface area contributed by atoms with E-state index in [9.17, 15) is 17.6 Å². The normalized spacial score (nSPS) is 11.5. The van der Waals surface area contributed by atoms with Crippen molar-refractivity contribution >= 4 is 15.9 Å². The van der Waals surface area contributed by atoms with E-state index in [2.05, 4.69) is 0 Å². The highest BCUT2D eigenvalue weighted by Gasteiger charge is 2.29. The first-order valence-corrected chi connectivity index (χ1v) is 11.5. The van der Waals surface area contributed by atoms with Crippen LogP contribution in [-0.4, -0.2) is 43.7 Å². The number of halogens is 1. The summed E-state index contributed by atoms with van der Waals surface area (Å²) in [6.45, 7) is 2.04. The van der Waals surface area contributed by atoms with E-state index in [0.717, 1.165) is 9.87 Å². The molecule has 0 aliphatic heterocycles. The van der Waals surface area contributed by atoms with Crippen LogP contribution in [0.3, 0.4) is 0 Å². The van der Waals surface area contributed by atoms with Crippen molar-refractivity contribution in [1.29, 1.82) is 0 Å². The molecule has 1 amide bonds. The predicted molar refractivity (Wildman–Crippen MR) is 117 cm³/mol. The number of furan rings is 1. The Bertz CT molecular complexity index is 1110. The van der Waals surface area contributed by atoms with Gasteiger partial charge in [-0.25, -0.2) is 12.8 Å².